The molecule has 0 aliphatic carbocycles. The SMILES string of the molecule is Cc1ncccc1Oc1ncnc(N2C[C@H]3COC[C@@]3(CO)C2)c1C. The largest absolute Gasteiger partial charge is 0.437 e. The molecule has 2 aliphatic rings. The van der Waals surface area contributed by atoms with Crippen LogP contribution in [0.3, 0.4) is 0 Å². The molecule has 0 aromatic carbocycles. The Kier molecular flexibility index (Phi) is 4.05. The van der Waals surface area contributed by atoms with Gasteiger partial charge in [-0.15, -0.1) is 0 Å². The molecule has 2 saturated heterocycles. The van der Waals surface area contributed by atoms with Gasteiger partial charge in [-0.05, 0) is 26.0 Å². The zero-order valence-corrected chi connectivity index (χ0v) is 14.5. The summed E-state index contributed by atoms with van der Waals surface area (Å²) in [6, 6.07) is 3.72. The number of aliphatic hydroxyl groups excluding tert-OH is 1. The summed E-state index contributed by atoms with van der Waals surface area (Å²) in [7, 11) is 0. The maximum atomic E-state index is 9.87. The van der Waals surface area contributed by atoms with Gasteiger partial charge in [0.25, 0.3) is 0 Å². The van der Waals surface area contributed by atoms with E-state index in [0.717, 1.165) is 30.2 Å². The van der Waals surface area contributed by atoms with Crippen molar-refractivity contribution in [1.29, 1.82) is 0 Å². The van der Waals surface area contributed by atoms with E-state index >= 15 is 0 Å². The van der Waals surface area contributed by atoms with E-state index in [-0.39, 0.29) is 12.0 Å². The van der Waals surface area contributed by atoms with E-state index in [1.807, 2.05) is 26.0 Å². The van der Waals surface area contributed by atoms with Crippen LogP contribution in [0.5, 0.6) is 11.6 Å². The summed E-state index contributed by atoms with van der Waals surface area (Å²) in [5, 5.41) is 9.87. The Morgan fingerprint density at radius 3 is 3.00 bits per heavy atom. The summed E-state index contributed by atoms with van der Waals surface area (Å²) in [5.41, 5.74) is 1.52. The number of aromatic nitrogens is 3. The molecule has 0 bridgehead atoms. The second kappa shape index (κ2) is 6.24. The number of rotatable bonds is 4. The molecule has 2 aromatic heterocycles. The zero-order chi connectivity index (χ0) is 17.4. The molecule has 7 nitrogen and oxygen atoms in total. The number of hydrogen-bond donors (Lipinski definition) is 1. The number of anilines is 1. The third-order valence-electron chi connectivity index (χ3n) is 5.31. The monoisotopic (exact) mass is 342 g/mol. The van der Waals surface area contributed by atoms with E-state index in [9.17, 15) is 5.11 Å². The fourth-order valence-corrected chi connectivity index (χ4v) is 3.75. The highest BCUT2D eigenvalue weighted by Gasteiger charge is 2.50. The topological polar surface area (TPSA) is 80.6 Å². The van der Waals surface area contributed by atoms with Gasteiger partial charge >= 0.3 is 0 Å². The molecule has 132 valence electrons. The molecule has 4 rings (SSSR count). The lowest BCUT2D eigenvalue weighted by Gasteiger charge is -2.25. The van der Waals surface area contributed by atoms with Crippen molar-refractivity contribution in [3.05, 3.63) is 35.9 Å². The van der Waals surface area contributed by atoms with E-state index in [1.165, 1.54) is 6.33 Å². The lowest BCUT2D eigenvalue weighted by molar-refractivity contribution is 0.0989. The average molecular weight is 342 g/mol. The zero-order valence-electron chi connectivity index (χ0n) is 14.5. The molecule has 25 heavy (non-hydrogen) atoms. The second-order valence-corrected chi connectivity index (χ2v) is 6.93. The maximum absolute atomic E-state index is 9.87. The van der Waals surface area contributed by atoms with Gasteiger partial charge < -0.3 is 19.5 Å². The van der Waals surface area contributed by atoms with Gasteiger partial charge in [0, 0.05) is 30.6 Å². The van der Waals surface area contributed by atoms with Gasteiger partial charge in [-0.25, -0.2) is 9.97 Å². The predicted octanol–water partition coefficient (Wildman–Crippen LogP) is 1.73. The van der Waals surface area contributed by atoms with Crippen LogP contribution in [0.4, 0.5) is 5.82 Å². The minimum Gasteiger partial charge on any atom is -0.437 e. The molecular weight excluding hydrogens is 320 g/mol. The summed E-state index contributed by atoms with van der Waals surface area (Å²) in [5.74, 6) is 2.41. The van der Waals surface area contributed by atoms with Crippen LogP contribution in [-0.2, 0) is 4.74 Å². The molecule has 1 N–H and O–H groups in total. The van der Waals surface area contributed by atoms with E-state index in [2.05, 4.69) is 19.9 Å². The van der Waals surface area contributed by atoms with Crippen molar-refractivity contribution in [3.63, 3.8) is 0 Å². The molecule has 2 atom stereocenters. The highest BCUT2D eigenvalue weighted by Crippen LogP contribution is 2.43. The minimum atomic E-state index is -0.182. The van der Waals surface area contributed by atoms with Crippen molar-refractivity contribution in [2.45, 2.75) is 13.8 Å². The number of aliphatic hydroxyl groups is 1. The summed E-state index contributed by atoms with van der Waals surface area (Å²) in [4.78, 5) is 15.2. The Hall–Kier alpha value is -2.25. The number of ether oxygens (including phenoxy) is 2. The third-order valence-corrected chi connectivity index (χ3v) is 5.31. The van der Waals surface area contributed by atoms with E-state index < -0.39 is 0 Å². The number of fused-ring (bicyclic) bond motifs is 1. The summed E-state index contributed by atoms with van der Waals surface area (Å²) < 4.78 is 11.6. The van der Waals surface area contributed by atoms with Crippen LogP contribution in [0.15, 0.2) is 24.7 Å². The Labute approximate surface area is 146 Å². The van der Waals surface area contributed by atoms with Crippen molar-refractivity contribution < 1.29 is 14.6 Å². The van der Waals surface area contributed by atoms with Crippen LogP contribution in [0.1, 0.15) is 11.3 Å². The van der Waals surface area contributed by atoms with Crippen molar-refractivity contribution >= 4 is 5.82 Å². The predicted molar refractivity (Wildman–Crippen MR) is 91.9 cm³/mol. The van der Waals surface area contributed by atoms with Crippen LogP contribution < -0.4 is 9.64 Å². The van der Waals surface area contributed by atoms with Crippen LogP contribution in [-0.4, -0.2) is 53.0 Å². The molecule has 0 radical (unpaired) electrons. The smallest absolute Gasteiger partial charge is 0.227 e. The van der Waals surface area contributed by atoms with Crippen molar-refractivity contribution in [2.75, 3.05) is 37.8 Å². The van der Waals surface area contributed by atoms with Gasteiger partial charge in [-0.3, -0.25) is 4.98 Å². The number of pyridine rings is 1. The molecule has 2 fully saturated rings. The van der Waals surface area contributed by atoms with E-state index in [1.54, 1.807) is 6.20 Å². The Bertz CT molecular complexity index is 785. The lowest BCUT2D eigenvalue weighted by Crippen LogP contribution is -2.34. The van der Waals surface area contributed by atoms with Gasteiger partial charge in [0.05, 0.1) is 31.1 Å². The number of aryl methyl sites for hydroxylation is 1. The summed E-state index contributed by atoms with van der Waals surface area (Å²) in [6.45, 7) is 6.86. The van der Waals surface area contributed by atoms with Crippen LogP contribution in [0, 0.1) is 25.2 Å². The van der Waals surface area contributed by atoms with Gasteiger partial charge in [0.2, 0.25) is 5.88 Å². The van der Waals surface area contributed by atoms with E-state index in [0.29, 0.717) is 30.8 Å². The minimum absolute atomic E-state index is 0.135. The Balaban J connectivity index is 1.61. The van der Waals surface area contributed by atoms with Crippen molar-refractivity contribution in [2.24, 2.45) is 11.3 Å². The van der Waals surface area contributed by atoms with Gasteiger partial charge in [-0.1, -0.05) is 0 Å². The highest BCUT2D eigenvalue weighted by atomic mass is 16.5. The number of hydrogen-bond acceptors (Lipinski definition) is 7. The quantitative estimate of drug-likeness (QED) is 0.906. The summed E-state index contributed by atoms with van der Waals surface area (Å²) >= 11 is 0. The van der Waals surface area contributed by atoms with Gasteiger partial charge in [-0.2, -0.15) is 0 Å². The highest BCUT2D eigenvalue weighted by molar-refractivity contribution is 5.52. The number of nitrogens with zero attached hydrogens (tertiary/aromatic N) is 4. The van der Waals surface area contributed by atoms with Crippen LogP contribution in [0.25, 0.3) is 0 Å². The second-order valence-electron chi connectivity index (χ2n) is 6.93. The first-order valence-electron chi connectivity index (χ1n) is 8.47. The molecule has 0 unspecified atom stereocenters. The molecule has 0 saturated carbocycles. The average Bonchev–Trinajstić information content (AvgIpc) is 3.16. The maximum Gasteiger partial charge on any atom is 0.227 e. The molecule has 4 heterocycles. The Morgan fingerprint density at radius 1 is 1.36 bits per heavy atom. The lowest BCUT2D eigenvalue weighted by atomic mass is 9.82. The first-order valence-corrected chi connectivity index (χ1v) is 8.47. The third kappa shape index (κ3) is 2.73. The van der Waals surface area contributed by atoms with E-state index in [4.69, 9.17) is 9.47 Å². The first-order chi connectivity index (χ1) is 12.1. The van der Waals surface area contributed by atoms with Crippen molar-refractivity contribution in [3.8, 4) is 11.6 Å². The fraction of sp³-hybridized carbons (Fsp3) is 0.500. The van der Waals surface area contributed by atoms with Crippen LogP contribution in [0.2, 0.25) is 0 Å². The van der Waals surface area contributed by atoms with Gasteiger partial charge in [0.1, 0.15) is 12.1 Å². The Morgan fingerprint density at radius 2 is 2.24 bits per heavy atom. The molecule has 0 spiro atoms. The van der Waals surface area contributed by atoms with Crippen molar-refractivity contribution in [1.82, 2.24) is 15.0 Å². The first kappa shape index (κ1) is 16.2. The molecule has 0 amide bonds. The molecule has 2 aliphatic heterocycles. The molecule has 7 heteroatoms. The standard InChI is InChI=1S/C18H22N4O3/c1-12-16(22-6-14-7-24-10-18(14,8-22)9-23)20-11-21-17(12)25-15-4-3-5-19-13(15)2/h3-5,11,14,23H,6-10H2,1-2H3/t14-,18-/m0/s1. The molecular formula is C18H22N4O3. The van der Waals surface area contributed by atoms with Crippen LogP contribution >= 0.6 is 0 Å². The van der Waals surface area contributed by atoms with Gasteiger partial charge in [0.15, 0.2) is 5.75 Å². The summed E-state index contributed by atoms with van der Waals surface area (Å²) in [6.07, 6.45) is 3.26. The fourth-order valence-electron chi connectivity index (χ4n) is 3.75. The molecule has 2 aromatic rings. The normalized spacial score (nSPS) is 25.2.